The van der Waals surface area contributed by atoms with Crippen LogP contribution in [0.4, 0.5) is 11.6 Å². The van der Waals surface area contributed by atoms with Gasteiger partial charge in [-0.3, -0.25) is 4.98 Å². The van der Waals surface area contributed by atoms with Gasteiger partial charge >= 0.3 is 0 Å². The molecule has 0 unspecified atom stereocenters. The van der Waals surface area contributed by atoms with Gasteiger partial charge in [0.25, 0.3) is 0 Å². The average Bonchev–Trinajstić information content (AvgIpc) is 2.93. The van der Waals surface area contributed by atoms with E-state index in [4.69, 9.17) is 4.74 Å². The maximum atomic E-state index is 5.11. The van der Waals surface area contributed by atoms with Gasteiger partial charge in [-0.05, 0) is 12.1 Å². The molecule has 0 saturated heterocycles. The second-order valence-electron chi connectivity index (χ2n) is 4.46. The second kappa shape index (κ2) is 5.71. The number of benzene rings is 1. The first kappa shape index (κ1) is 12.6. The van der Waals surface area contributed by atoms with E-state index in [0.717, 1.165) is 29.0 Å². The topological polar surface area (TPSA) is 52.0 Å². The van der Waals surface area contributed by atoms with Crippen LogP contribution in [0.3, 0.4) is 0 Å². The van der Waals surface area contributed by atoms with Gasteiger partial charge in [-0.15, -0.1) is 0 Å². The van der Waals surface area contributed by atoms with E-state index in [0.29, 0.717) is 6.61 Å². The lowest BCUT2D eigenvalue weighted by Gasteiger charge is -2.11. The van der Waals surface area contributed by atoms with E-state index < -0.39 is 0 Å². The highest BCUT2D eigenvalue weighted by atomic mass is 16.5. The van der Waals surface area contributed by atoms with E-state index in [1.54, 1.807) is 19.5 Å². The van der Waals surface area contributed by atoms with Gasteiger partial charge < -0.3 is 14.6 Å². The molecule has 102 valence electrons. The summed E-state index contributed by atoms with van der Waals surface area (Å²) in [6.45, 7) is 1.43. The molecule has 20 heavy (non-hydrogen) atoms. The van der Waals surface area contributed by atoms with Gasteiger partial charge in [0, 0.05) is 54.9 Å². The SMILES string of the molecule is COCCn1ccnc1Nc1cccc2cnccc12. The zero-order chi connectivity index (χ0) is 13.8. The smallest absolute Gasteiger partial charge is 0.207 e. The molecular formula is C15H16N4O. The fraction of sp³-hybridized carbons (Fsp3) is 0.200. The predicted molar refractivity (Wildman–Crippen MR) is 79.1 cm³/mol. The number of aromatic nitrogens is 3. The largest absolute Gasteiger partial charge is 0.383 e. The van der Waals surface area contributed by atoms with Gasteiger partial charge in [0.05, 0.1) is 6.61 Å². The van der Waals surface area contributed by atoms with Crippen LogP contribution in [0.25, 0.3) is 10.8 Å². The number of hydrogen-bond acceptors (Lipinski definition) is 4. The lowest BCUT2D eigenvalue weighted by atomic mass is 10.1. The lowest BCUT2D eigenvalue weighted by molar-refractivity contribution is 0.188. The molecule has 0 fully saturated rings. The summed E-state index contributed by atoms with van der Waals surface area (Å²) in [6, 6.07) is 8.09. The van der Waals surface area contributed by atoms with Gasteiger partial charge in [-0.25, -0.2) is 4.98 Å². The molecule has 3 aromatic rings. The van der Waals surface area contributed by atoms with Gasteiger partial charge in [-0.1, -0.05) is 12.1 Å². The van der Waals surface area contributed by atoms with Crippen molar-refractivity contribution in [2.75, 3.05) is 19.0 Å². The maximum Gasteiger partial charge on any atom is 0.207 e. The highest BCUT2D eigenvalue weighted by Crippen LogP contribution is 2.24. The first-order valence-corrected chi connectivity index (χ1v) is 6.48. The number of hydrogen-bond donors (Lipinski definition) is 1. The van der Waals surface area contributed by atoms with E-state index in [2.05, 4.69) is 15.3 Å². The lowest BCUT2D eigenvalue weighted by Crippen LogP contribution is -2.07. The average molecular weight is 268 g/mol. The number of anilines is 2. The zero-order valence-corrected chi connectivity index (χ0v) is 11.3. The van der Waals surface area contributed by atoms with Crippen LogP contribution in [-0.2, 0) is 11.3 Å². The molecule has 0 aliphatic carbocycles. The molecule has 0 atom stereocenters. The van der Waals surface area contributed by atoms with Crippen LogP contribution in [0.1, 0.15) is 0 Å². The summed E-state index contributed by atoms with van der Waals surface area (Å²) in [6.07, 6.45) is 7.38. The first-order chi connectivity index (χ1) is 9.88. The van der Waals surface area contributed by atoms with Crippen LogP contribution in [0.2, 0.25) is 0 Å². The third kappa shape index (κ3) is 2.48. The van der Waals surface area contributed by atoms with Crippen molar-refractivity contribution in [3.05, 3.63) is 49.1 Å². The number of fused-ring (bicyclic) bond motifs is 1. The van der Waals surface area contributed by atoms with Crippen molar-refractivity contribution in [1.82, 2.24) is 14.5 Å². The minimum absolute atomic E-state index is 0.657. The summed E-state index contributed by atoms with van der Waals surface area (Å²) in [5.41, 5.74) is 1.02. The Morgan fingerprint density at radius 3 is 3.10 bits per heavy atom. The Balaban J connectivity index is 1.92. The molecule has 5 nitrogen and oxygen atoms in total. The Bertz CT molecular complexity index is 702. The normalized spacial score (nSPS) is 10.8. The van der Waals surface area contributed by atoms with Crippen LogP contribution in [0.5, 0.6) is 0 Å². The highest BCUT2D eigenvalue weighted by Gasteiger charge is 2.05. The molecule has 0 amide bonds. The van der Waals surface area contributed by atoms with Crippen LogP contribution in [0, 0.1) is 0 Å². The number of nitrogens with zero attached hydrogens (tertiary/aromatic N) is 3. The van der Waals surface area contributed by atoms with Crippen LogP contribution < -0.4 is 5.32 Å². The number of nitrogens with one attached hydrogen (secondary N) is 1. The van der Waals surface area contributed by atoms with Crippen molar-refractivity contribution in [1.29, 1.82) is 0 Å². The highest BCUT2D eigenvalue weighted by molar-refractivity contribution is 5.94. The molecular weight excluding hydrogens is 252 g/mol. The summed E-state index contributed by atoms with van der Waals surface area (Å²) in [5.74, 6) is 0.811. The molecule has 5 heteroatoms. The molecule has 2 heterocycles. The molecule has 0 saturated carbocycles. The molecule has 0 aliphatic heterocycles. The number of rotatable bonds is 5. The Morgan fingerprint density at radius 2 is 2.20 bits per heavy atom. The van der Waals surface area contributed by atoms with E-state index in [9.17, 15) is 0 Å². The Hall–Kier alpha value is -2.40. The monoisotopic (exact) mass is 268 g/mol. The van der Waals surface area contributed by atoms with Gasteiger partial charge in [-0.2, -0.15) is 0 Å². The number of pyridine rings is 1. The van der Waals surface area contributed by atoms with Crippen molar-refractivity contribution in [2.45, 2.75) is 6.54 Å². The van der Waals surface area contributed by atoms with Crippen molar-refractivity contribution in [3.8, 4) is 0 Å². The fourth-order valence-corrected chi connectivity index (χ4v) is 2.16. The van der Waals surface area contributed by atoms with Gasteiger partial charge in [0.15, 0.2) is 0 Å². The zero-order valence-electron chi connectivity index (χ0n) is 11.3. The number of ether oxygens (including phenoxy) is 1. The molecule has 0 aliphatic rings. The molecule has 2 aromatic heterocycles. The minimum atomic E-state index is 0.657. The van der Waals surface area contributed by atoms with Gasteiger partial charge in [0.2, 0.25) is 5.95 Å². The van der Waals surface area contributed by atoms with Crippen molar-refractivity contribution >= 4 is 22.4 Å². The molecule has 3 rings (SSSR count). The van der Waals surface area contributed by atoms with Crippen LogP contribution >= 0.6 is 0 Å². The number of imidazole rings is 1. The van der Waals surface area contributed by atoms with E-state index >= 15 is 0 Å². The Morgan fingerprint density at radius 1 is 1.25 bits per heavy atom. The third-order valence-corrected chi connectivity index (χ3v) is 3.18. The Kier molecular flexibility index (Phi) is 3.60. The van der Waals surface area contributed by atoms with E-state index in [1.165, 1.54) is 0 Å². The van der Waals surface area contributed by atoms with Crippen LogP contribution in [-0.4, -0.2) is 28.3 Å². The fourth-order valence-electron chi connectivity index (χ4n) is 2.16. The maximum absolute atomic E-state index is 5.11. The van der Waals surface area contributed by atoms with E-state index in [-0.39, 0.29) is 0 Å². The minimum Gasteiger partial charge on any atom is -0.383 e. The molecule has 0 radical (unpaired) electrons. The van der Waals surface area contributed by atoms with Gasteiger partial charge in [0.1, 0.15) is 0 Å². The summed E-state index contributed by atoms with van der Waals surface area (Å²) >= 11 is 0. The van der Waals surface area contributed by atoms with Crippen molar-refractivity contribution in [2.24, 2.45) is 0 Å². The van der Waals surface area contributed by atoms with E-state index in [1.807, 2.05) is 41.2 Å². The molecule has 1 aromatic carbocycles. The first-order valence-electron chi connectivity index (χ1n) is 6.48. The summed E-state index contributed by atoms with van der Waals surface area (Å²) < 4.78 is 7.14. The van der Waals surface area contributed by atoms with Crippen molar-refractivity contribution < 1.29 is 4.74 Å². The Labute approximate surface area is 117 Å². The van der Waals surface area contributed by atoms with Crippen molar-refractivity contribution in [3.63, 3.8) is 0 Å². The predicted octanol–water partition coefficient (Wildman–Crippen LogP) is 2.82. The molecule has 0 spiro atoms. The summed E-state index contributed by atoms with van der Waals surface area (Å²) in [5, 5.41) is 5.61. The standard InChI is InChI=1S/C15H16N4O/c1-20-10-9-19-8-7-17-15(19)18-14-4-2-3-12-11-16-6-5-13(12)14/h2-8,11H,9-10H2,1H3,(H,17,18). The third-order valence-electron chi connectivity index (χ3n) is 3.18. The second-order valence-corrected chi connectivity index (χ2v) is 4.46. The summed E-state index contributed by atoms with van der Waals surface area (Å²) in [7, 11) is 1.70. The molecule has 1 N–H and O–H groups in total. The quantitative estimate of drug-likeness (QED) is 0.773. The summed E-state index contributed by atoms with van der Waals surface area (Å²) in [4.78, 5) is 8.50. The number of methoxy groups -OCH3 is 1. The van der Waals surface area contributed by atoms with Crippen LogP contribution in [0.15, 0.2) is 49.1 Å². The molecule has 0 bridgehead atoms.